The molecule has 5 rings (SSSR count). The van der Waals surface area contributed by atoms with Gasteiger partial charge in [-0.1, -0.05) is 12.1 Å². The summed E-state index contributed by atoms with van der Waals surface area (Å²) in [5, 5.41) is 26.9. The van der Waals surface area contributed by atoms with Crippen LogP contribution in [0.4, 0.5) is 13.2 Å². The molecule has 36 heavy (non-hydrogen) atoms. The van der Waals surface area contributed by atoms with E-state index < -0.39 is 12.1 Å². The summed E-state index contributed by atoms with van der Waals surface area (Å²) in [6, 6.07) is 10.3. The van der Waals surface area contributed by atoms with Crippen molar-refractivity contribution in [3.63, 3.8) is 0 Å². The molecule has 192 valence electrons. The van der Waals surface area contributed by atoms with Gasteiger partial charge in [0, 0.05) is 30.1 Å². The Balaban J connectivity index is 0.000000384. The molecule has 12 heteroatoms. The van der Waals surface area contributed by atoms with Crippen LogP contribution in [0.2, 0.25) is 0 Å². The molecule has 1 aromatic heterocycles. The number of aliphatic carboxylic acids is 1. The van der Waals surface area contributed by atoms with E-state index in [0.29, 0.717) is 30.5 Å². The van der Waals surface area contributed by atoms with Crippen LogP contribution in [-0.2, 0) is 28.1 Å². The molecule has 1 aromatic carbocycles. The number of hydrogen-bond acceptors (Lipinski definition) is 6. The number of carbonyl (C=O) groups is 2. The van der Waals surface area contributed by atoms with E-state index in [4.69, 9.17) is 19.9 Å². The molecule has 1 aliphatic carbocycles. The number of H-pyrrole nitrogens is 1. The van der Waals surface area contributed by atoms with Crippen LogP contribution in [-0.4, -0.2) is 64.0 Å². The minimum absolute atomic E-state index is 0.0870. The molecule has 1 atom stereocenters. The zero-order chi connectivity index (χ0) is 25.9. The van der Waals surface area contributed by atoms with Gasteiger partial charge in [-0.2, -0.15) is 23.5 Å². The lowest BCUT2D eigenvalue weighted by Crippen LogP contribution is -2.41. The number of hydrogen-bond donors (Lipinski definition) is 3. The first-order valence-corrected chi connectivity index (χ1v) is 11.6. The summed E-state index contributed by atoms with van der Waals surface area (Å²) in [7, 11) is 0. The Morgan fingerprint density at radius 3 is 2.75 bits per heavy atom. The molecule has 1 unspecified atom stereocenters. The second-order valence-corrected chi connectivity index (χ2v) is 9.38. The molecule has 1 saturated heterocycles. The second kappa shape index (κ2) is 10.3. The second-order valence-electron chi connectivity index (χ2n) is 9.38. The van der Waals surface area contributed by atoms with Crippen molar-refractivity contribution < 1.29 is 32.6 Å². The number of likely N-dealkylation sites (tertiary alicyclic amines) is 1. The third kappa shape index (κ3) is 5.52. The van der Waals surface area contributed by atoms with Gasteiger partial charge in [0.15, 0.2) is 5.69 Å². The largest absolute Gasteiger partial charge is 0.490 e. The highest BCUT2D eigenvalue weighted by Gasteiger charge is 2.46. The smallest absolute Gasteiger partial charge is 0.475 e. The average Bonchev–Trinajstić information content (AvgIpc) is 3.42. The number of halogens is 3. The maximum atomic E-state index is 12.7. The zero-order valence-electron chi connectivity index (χ0n) is 19.4. The minimum Gasteiger partial charge on any atom is -0.475 e. The number of aromatic amines is 1. The fourth-order valence-electron chi connectivity index (χ4n) is 4.77. The fraction of sp³-hybridized carbons (Fsp3) is 0.500. The van der Waals surface area contributed by atoms with Gasteiger partial charge < -0.3 is 15.2 Å². The third-order valence-corrected chi connectivity index (χ3v) is 6.82. The van der Waals surface area contributed by atoms with Crippen LogP contribution in [0.25, 0.3) is 0 Å². The van der Waals surface area contributed by atoms with E-state index >= 15 is 0 Å². The molecule has 3 heterocycles. The summed E-state index contributed by atoms with van der Waals surface area (Å²) >= 11 is 0. The SMILES string of the molecule is N#Cc1cccc(CN2CCC3(COCc4c(C(=O)NC5CCC5)n[nH]c43)C2)c1.O=C(O)C(F)(F)F. The number of nitrogens with zero attached hydrogens (tertiary/aromatic N) is 3. The molecule has 0 bridgehead atoms. The molecule has 1 amide bonds. The summed E-state index contributed by atoms with van der Waals surface area (Å²) < 4.78 is 37.7. The highest BCUT2D eigenvalue weighted by Crippen LogP contribution is 2.40. The number of benzene rings is 1. The Kier molecular flexibility index (Phi) is 7.33. The Hall–Kier alpha value is -3.43. The Bertz CT molecular complexity index is 1170. The zero-order valence-corrected chi connectivity index (χ0v) is 19.4. The van der Waals surface area contributed by atoms with Gasteiger partial charge in [0.1, 0.15) is 0 Å². The molecule has 2 aromatic rings. The van der Waals surface area contributed by atoms with Crippen molar-refractivity contribution in [1.82, 2.24) is 20.4 Å². The van der Waals surface area contributed by atoms with Crippen LogP contribution in [0.15, 0.2) is 24.3 Å². The topological polar surface area (TPSA) is 131 Å². The van der Waals surface area contributed by atoms with Crippen LogP contribution in [0, 0.1) is 11.3 Å². The van der Waals surface area contributed by atoms with Gasteiger partial charge in [-0.15, -0.1) is 0 Å². The first-order chi connectivity index (χ1) is 17.1. The van der Waals surface area contributed by atoms with Gasteiger partial charge in [0.25, 0.3) is 5.91 Å². The summed E-state index contributed by atoms with van der Waals surface area (Å²) in [6.45, 7) is 3.67. The molecule has 0 radical (unpaired) electrons. The van der Waals surface area contributed by atoms with E-state index in [1.165, 1.54) is 6.42 Å². The Morgan fingerprint density at radius 1 is 1.36 bits per heavy atom. The lowest BCUT2D eigenvalue weighted by atomic mass is 9.80. The molecule has 1 saturated carbocycles. The maximum absolute atomic E-state index is 12.7. The molecular formula is C24H26F3N5O4. The lowest BCUT2D eigenvalue weighted by molar-refractivity contribution is -0.192. The predicted molar refractivity (Wildman–Crippen MR) is 120 cm³/mol. The van der Waals surface area contributed by atoms with Gasteiger partial charge in [-0.25, -0.2) is 4.79 Å². The monoisotopic (exact) mass is 505 g/mol. The van der Waals surface area contributed by atoms with Crippen molar-refractivity contribution in [2.75, 3.05) is 19.7 Å². The van der Waals surface area contributed by atoms with E-state index in [1.807, 2.05) is 18.2 Å². The van der Waals surface area contributed by atoms with E-state index in [-0.39, 0.29) is 11.3 Å². The van der Waals surface area contributed by atoms with Crippen molar-refractivity contribution in [2.45, 2.75) is 56.5 Å². The molecule has 3 aliphatic rings. The van der Waals surface area contributed by atoms with Crippen LogP contribution < -0.4 is 5.32 Å². The highest BCUT2D eigenvalue weighted by atomic mass is 19.4. The standard InChI is InChI=1S/C22H25N5O2.C2HF3O2/c23-10-15-3-1-4-16(9-15)11-27-8-7-22(13-27)14-29-12-18-19(25-26-20(18)22)21(28)24-17-5-2-6-17;3-2(4,5)1(6)7/h1,3-4,9,17H,2,5-8,11-14H2,(H,24,28)(H,25,26);(H,6,7). The average molecular weight is 505 g/mol. The van der Waals surface area contributed by atoms with Crippen LogP contribution in [0.5, 0.6) is 0 Å². The number of fused-ring (bicyclic) bond motifs is 2. The third-order valence-electron chi connectivity index (χ3n) is 6.82. The van der Waals surface area contributed by atoms with Crippen molar-refractivity contribution in [2.24, 2.45) is 0 Å². The van der Waals surface area contributed by atoms with Gasteiger partial charge in [0.2, 0.25) is 0 Å². The van der Waals surface area contributed by atoms with Crippen molar-refractivity contribution in [3.8, 4) is 6.07 Å². The first-order valence-electron chi connectivity index (χ1n) is 11.6. The van der Waals surface area contributed by atoms with E-state index in [1.54, 1.807) is 0 Å². The number of carboxylic acids is 1. The Labute approximate surface area is 205 Å². The van der Waals surface area contributed by atoms with E-state index in [9.17, 15) is 18.0 Å². The van der Waals surface area contributed by atoms with Gasteiger partial charge in [0.05, 0.1) is 30.5 Å². The minimum atomic E-state index is -5.08. The number of carbonyl (C=O) groups excluding carboxylic acids is 1. The van der Waals surface area contributed by atoms with E-state index in [0.717, 1.165) is 55.7 Å². The summed E-state index contributed by atoms with van der Waals surface area (Å²) in [5.41, 5.74) is 4.16. The van der Waals surface area contributed by atoms with Crippen molar-refractivity contribution in [3.05, 3.63) is 52.3 Å². The number of ether oxygens (including phenoxy) is 1. The van der Waals surface area contributed by atoms with Crippen LogP contribution in [0.1, 0.15) is 58.6 Å². The Morgan fingerprint density at radius 2 is 2.11 bits per heavy atom. The quantitative estimate of drug-likeness (QED) is 0.582. The number of alkyl halides is 3. The highest BCUT2D eigenvalue weighted by molar-refractivity contribution is 5.94. The number of nitriles is 1. The first kappa shape index (κ1) is 25.7. The number of amides is 1. The van der Waals surface area contributed by atoms with Crippen molar-refractivity contribution >= 4 is 11.9 Å². The molecule has 1 spiro atoms. The fourth-order valence-corrected chi connectivity index (χ4v) is 4.77. The van der Waals surface area contributed by atoms with Gasteiger partial charge >= 0.3 is 12.1 Å². The molecule has 2 fully saturated rings. The number of rotatable bonds is 4. The normalized spacial score (nSPS) is 21.6. The summed E-state index contributed by atoms with van der Waals surface area (Å²) in [6.07, 6.45) is -0.825. The number of carboxylic acid groups (broad SMARTS) is 1. The summed E-state index contributed by atoms with van der Waals surface area (Å²) in [5.74, 6) is -2.84. The maximum Gasteiger partial charge on any atom is 0.490 e. The number of nitrogens with one attached hydrogen (secondary N) is 2. The number of aromatic nitrogens is 2. The van der Waals surface area contributed by atoms with Crippen LogP contribution in [0.3, 0.4) is 0 Å². The van der Waals surface area contributed by atoms with Gasteiger partial charge in [-0.05, 0) is 49.9 Å². The lowest BCUT2D eigenvalue weighted by Gasteiger charge is -2.33. The molecule has 3 N–H and O–H groups in total. The van der Waals surface area contributed by atoms with Crippen molar-refractivity contribution in [1.29, 1.82) is 5.26 Å². The summed E-state index contributed by atoms with van der Waals surface area (Å²) in [4.78, 5) is 24.0. The van der Waals surface area contributed by atoms with Crippen LogP contribution >= 0.6 is 0 Å². The predicted octanol–water partition coefficient (Wildman–Crippen LogP) is 2.87. The molecular weight excluding hydrogens is 479 g/mol. The molecule has 9 nitrogen and oxygen atoms in total. The molecule has 2 aliphatic heterocycles. The van der Waals surface area contributed by atoms with Gasteiger partial charge in [-0.3, -0.25) is 14.8 Å². The van der Waals surface area contributed by atoms with E-state index in [2.05, 4.69) is 32.5 Å².